The fourth-order valence-electron chi connectivity index (χ4n) is 2.82. The lowest BCUT2D eigenvalue weighted by atomic mass is 10.1. The van der Waals surface area contributed by atoms with Crippen molar-refractivity contribution in [2.45, 2.75) is 6.10 Å². The number of amides is 2. The molecule has 1 saturated heterocycles. The van der Waals surface area contributed by atoms with Gasteiger partial charge in [0.1, 0.15) is 0 Å². The number of anilines is 2. The number of hydrogen-bond acceptors (Lipinski definition) is 6. The van der Waals surface area contributed by atoms with E-state index in [1.807, 2.05) is 0 Å². The molecule has 1 atom stereocenters. The normalized spacial score (nSPS) is 18.0. The zero-order valence-electron chi connectivity index (χ0n) is 14.4. The van der Waals surface area contributed by atoms with Crippen LogP contribution in [0, 0.1) is 0 Å². The van der Waals surface area contributed by atoms with Crippen LogP contribution >= 0.6 is 0 Å². The Bertz CT molecular complexity index is 863. The van der Waals surface area contributed by atoms with Gasteiger partial charge in [-0.3, -0.25) is 9.59 Å². The highest BCUT2D eigenvalue weighted by Crippen LogP contribution is 2.34. The molecule has 2 heterocycles. The number of para-hydroxylation sites is 1. The van der Waals surface area contributed by atoms with Crippen LogP contribution in [0.1, 0.15) is 10.4 Å². The van der Waals surface area contributed by atoms with E-state index < -0.39 is 6.10 Å². The molecule has 0 bridgehead atoms. The minimum absolute atomic E-state index is 0.161. The number of ether oxygens (including phenoxy) is 4. The molecule has 2 aromatic rings. The second kappa shape index (κ2) is 7.65. The van der Waals surface area contributed by atoms with Gasteiger partial charge in [-0.15, -0.1) is 0 Å². The van der Waals surface area contributed by atoms with E-state index >= 15 is 0 Å². The predicted molar refractivity (Wildman–Crippen MR) is 96.1 cm³/mol. The third-order valence-corrected chi connectivity index (χ3v) is 4.17. The quantitative estimate of drug-likeness (QED) is 0.855. The molecule has 2 aromatic carbocycles. The van der Waals surface area contributed by atoms with Gasteiger partial charge >= 0.3 is 0 Å². The van der Waals surface area contributed by atoms with Gasteiger partial charge in [-0.1, -0.05) is 12.1 Å². The predicted octanol–water partition coefficient (Wildman–Crippen LogP) is 2.02. The minimum atomic E-state index is -0.691. The number of carbonyl (C=O) groups is 2. The van der Waals surface area contributed by atoms with E-state index in [0.29, 0.717) is 41.7 Å². The molecule has 0 saturated carbocycles. The first-order valence-electron chi connectivity index (χ1n) is 8.51. The average Bonchev–Trinajstić information content (AvgIpc) is 3.17. The van der Waals surface area contributed by atoms with E-state index in [0.717, 1.165) is 0 Å². The largest absolute Gasteiger partial charge is 0.454 e. The number of benzene rings is 2. The van der Waals surface area contributed by atoms with Gasteiger partial charge in [0.05, 0.1) is 31.1 Å². The van der Waals surface area contributed by atoms with Gasteiger partial charge in [0, 0.05) is 11.8 Å². The third-order valence-electron chi connectivity index (χ3n) is 4.17. The van der Waals surface area contributed by atoms with Gasteiger partial charge in [0.25, 0.3) is 11.8 Å². The first-order chi connectivity index (χ1) is 13.2. The summed E-state index contributed by atoms with van der Waals surface area (Å²) in [6, 6.07) is 11.9. The summed E-state index contributed by atoms with van der Waals surface area (Å²) in [7, 11) is 0. The molecule has 0 aromatic heterocycles. The fraction of sp³-hybridized carbons (Fsp3) is 0.263. The molecule has 0 spiro atoms. The molecular weight excluding hydrogens is 352 g/mol. The van der Waals surface area contributed by atoms with Crippen molar-refractivity contribution in [3.05, 3.63) is 48.0 Å². The van der Waals surface area contributed by atoms with Crippen LogP contribution in [-0.2, 0) is 14.3 Å². The van der Waals surface area contributed by atoms with Gasteiger partial charge in [0.2, 0.25) is 6.79 Å². The molecule has 2 N–H and O–H groups in total. The van der Waals surface area contributed by atoms with Crippen molar-refractivity contribution in [2.75, 3.05) is 37.2 Å². The summed E-state index contributed by atoms with van der Waals surface area (Å²) in [5, 5.41) is 5.54. The Hall–Kier alpha value is -3.10. The third kappa shape index (κ3) is 3.86. The number of fused-ring (bicyclic) bond motifs is 1. The maximum atomic E-state index is 12.7. The summed E-state index contributed by atoms with van der Waals surface area (Å²) in [5.74, 6) is 0.503. The first-order valence-corrected chi connectivity index (χ1v) is 8.51. The van der Waals surface area contributed by atoms with Crippen LogP contribution in [0.25, 0.3) is 0 Å². The molecule has 2 aliphatic rings. The Kier molecular flexibility index (Phi) is 4.91. The summed E-state index contributed by atoms with van der Waals surface area (Å²) in [5.41, 5.74) is 1.30. The Morgan fingerprint density at radius 1 is 0.963 bits per heavy atom. The van der Waals surface area contributed by atoms with Crippen molar-refractivity contribution in [3.63, 3.8) is 0 Å². The van der Waals surface area contributed by atoms with E-state index in [1.165, 1.54) is 0 Å². The second-order valence-electron chi connectivity index (χ2n) is 5.99. The molecule has 4 rings (SSSR count). The van der Waals surface area contributed by atoms with Crippen molar-refractivity contribution in [2.24, 2.45) is 0 Å². The fourth-order valence-corrected chi connectivity index (χ4v) is 2.82. The van der Waals surface area contributed by atoms with E-state index in [-0.39, 0.29) is 25.2 Å². The minimum Gasteiger partial charge on any atom is -0.454 e. The van der Waals surface area contributed by atoms with Crippen molar-refractivity contribution >= 4 is 23.2 Å². The van der Waals surface area contributed by atoms with E-state index in [1.54, 1.807) is 42.5 Å². The summed E-state index contributed by atoms with van der Waals surface area (Å²) in [6.45, 7) is 1.19. The van der Waals surface area contributed by atoms with E-state index in [2.05, 4.69) is 10.6 Å². The second-order valence-corrected chi connectivity index (χ2v) is 5.99. The molecule has 140 valence electrons. The van der Waals surface area contributed by atoms with Crippen LogP contribution in [0.5, 0.6) is 11.5 Å². The molecule has 2 amide bonds. The van der Waals surface area contributed by atoms with Gasteiger partial charge in [-0.05, 0) is 24.3 Å². The summed E-state index contributed by atoms with van der Waals surface area (Å²) in [4.78, 5) is 25.1. The van der Waals surface area contributed by atoms with Crippen molar-refractivity contribution in [1.82, 2.24) is 0 Å². The molecular formula is C19H18N2O6. The van der Waals surface area contributed by atoms with E-state index in [4.69, 9.17) is 18.9 Å². The SMILES string of the molecule is O=C(Nc1ccc2c(c1)OCO2)c1ccccc1NC(=O)C1COCCO1. The van der Waals surface area contributed by atoms with Crippen LogP contribution in [0.15, 0.2) is 42.5 Å². The standard InChI is InChI=1S/C19H18N2O6/c22-18(20-12-5-6-15-16(9-12)27-11-26-15)13-3-1-2-4-14(13)21-19(23)17-10-24-7-8-25-17/h1-6,9,17H,7-8,10-11H2,(H,20,22)(H,21,23). The van der Waals surface area contributed by atoms with Crippen LogP contribution < -0.4 is 20.1 Å². The van der Waals surface area contributed by atoms with Crippen LogP contribution in [0.4, 0.5) is 11.4 Å². The highest BCUT2D eigenvalue weighted by molar-refractivity contribution is 6.10. The lowest BCUT2D eigenvalue weighted by Crippen LogP contribution is -2.39. The topological polar surface area (TPSA) is 95.1 Å². The Balaban J connectivity index is 1.48. The van der Waals surface area contributed by atoms with Gasteiger partial charge in [0.15, 0.2) is 17.6 Å². The smallest absolute Gasteiger partial charge is 0.257 e. The molecule has 2 aliphatic heterocycles. The van der Waals surface area contributed by atoms with Gasteiger partial charge < -0.3 is 29.6 Å². The Labute approximate surface area is 155 Å². The average molecular weight is 370 g/mol. The van der Waals surface area contributed by atoms with E-state index in [9.17, 15) is 9.59 Å². The highest BCUT2D eigenvalue weighted by Gasteiger charge is 2.24. The van der Waals surface area contributed by atoms with Gasteiger partial charge in [-0.2, -0.15) is 0 Å². The van der Waals surface area contributed by atoms with Crippen LogP contribution in [0.3, 0.4) is 0 Å². The molecule has 1 fully saturated rings. The van der Waals surface area contributed by atoms with Crippen molar-refractivity contribution in [3.8, 4) is 11.5 Å². The highest BCUT2D eigenvalue weighted by atomic mass is 16.7. The summed E-state index contributed by atoms with van der Waals surface area (Å²) in [6.07, 6.45) is -0.691. The number of carbonyl (C=O) groups excluding carboxylic acids is 2. The lowest BCUT2D eigenvalue weighted by molar-refractivity contribution is -0.142. The molecule has 0 radical (unpaired) electrons. The number of rotatable bonds is 4. The number of hydrogen-bond donors (Lipinski definition) is 2. The zero-order chi connectivity index (χ0) is 18.6. The maximum absolute atomic E-state index is 12.7. The lowest BCUT2D eigenvalue weighted by Gasteiger charge is -2.22. The number of nitrogens with one attached hydrogen (secondary N) is 2. The Morgan fingerprint density at radius 3 is 2.67 bits per heavy atom. The van der Waals surface area contributed by atoms with Crippen LogP contribution in [0.2, 0.25) is 0 Å². The molecule has 0 aliphatic carbocycles. The Morgan fingerprint density at radius 2 is 1.81 bits per heavy atom. The molecule has 1 unspecified atom stereocenters. The molecule has 8 heteroatoms. The molecule has 27 heavy (non-hydrogen) atoms. The maximum Gasteiger partial charge on any atom is 0.257 e. The summed E-state index contributed by atoms with van der Waals surface area (Å²) < 4.78 is 21.2. The monoisotopic (exact) mass is 370 g/mol. The van der Waals surface area contributed by atoms with Crippen molar-refractivity contribution < 1.29 is 28.5 Å². The van der Waals surface area contributed by atoms with Gasteiger partial charge in [-0.25, -0.2) is 0 Å². The zero-order valence-corrected chi connectivity index (χ0v) is 14.4. The molecule has 8 nitrogen and oxygen atoms in total. The first kappa shape index (κ1) is 17.3. The summed E-state index contributed by atoms with van der Waals surface area (Å²) >= 11 is 0. The van der Waals surface area contributed by atoms with Crippen LogP contribution in [-0.4, -0.2) is 44.5 Å². The van der Waals surface area contributed by atoms with Crippen molar-refractivity contribution in [1.29, 1.82) is 0 Å².